The SMILES string of the molecule is Cc1c(C(=O)c2sc3cc(Cl)ccc3c2Cl)c(O)n(CCCOC(C)C)c(=O)c1C#N. The Morgan fingerprint density at radius 3 is 2.71 bits per heavy atom. The number of halogens is 2. The van der Waals surface area contributed by atoms with Gasteiger partial charge < -0.3 is 9.84 Å². The zero-order chi connectivity index (χ0) is 22.9. The molecule has 0 aliphatic heterocycles. The summed E-state index contributed by atoms with van der Waals surface area (Å²) in [5.74, 6) is -1.04. The first-order valence-electron chi connectivity index (χ1n) is 9.57. The Bertz CT molecular complexity index is 1270. The molecule has 162 valence electrons. The van der Waals surface area contributed by atoms with Crippen molar-refractivity contribution < 1.29 is 14.6 Å². The maximum absolute atomic E-state index is 13.4. The van der Waals surface area contributed by atoms with Gasteiger partial charge in [0.05, 0.1) is 21.6 Å². The molecule has 6 nitrogen and oxygen atoms in total. The maximum Gasteiger partial charge on any atom is 0.271 e. The number of ether oxygens (including phenoxy) is 1. The number of hydrogen-bond donors (Lipinski definition) is 1. The standard InChI is InChI=1S/C22H20Cl2N2O4S/c1-11(2)30-8-4-7-26-21(28)15(10-25)12(3)17(22(26)29)19(27)20-18(24)14-6-5-13(23)9-16(14)31-20/h5-6,9,11,29H,4,7-8H2,1-3H3. The lowest BCUT2D eigenvalue weighted by Crippen LogP contribution is -2.27. The molecule has 0 radical (unpaired) electrons. The molecule has 0 amide bonds. The van der Waals surface area contributed by atoms with Gasteiger partial charge in [-0.3, -0.25) is 14.2 Å². The number of fused-ring (bicyclic) bond motifs is 1. The highest BCUT2D eigenvalue weighted by atomic mass is 35.5. The second-order valence-electron chi connectivity index (χ2n) is 7.26. The molecule has 1 aromatic carbocycles. The second-order valence-corrected chi connectivity index (χ2v) is 9.12. The number of carbonyl (C=O) groups excluding carboxylic acids is 1. The van der Waals surface area contributed by atoms with Crippen molar-refractivity contribution in [2.24, 2.45) is 0 Å². The molecule has 1 N–H and O–H groups in total. The Morgan fingerprint density at radius 1 is 1.35 bits per heavy atom. The molecule has 2 heterocycles. The van der Waals surface area contributed by atoms with Gasteiger partial charge in [-0.15, -0.1) is 11.3 Å². The van der Waals surface area contributed by atoms with Crippen molar-refractivity contribution in [2.45, 2.75) is 39.8 Å². The number of aromatic hydroxyl groups is 1. The number of ketones is 1. The van der Waals surface area contributed by atoms with E-state index in [1.165, 1.54) is 6.92 Å². The monoisotopic (exact) mass is 478 g/mol. The van der Waals surface area contributed by atoms with E-state index in [1.54, 1.807) is 18.2 Å². The summed E-state index contributed by atoms with van der Waals surface area (Å²) < 4.78 is 7.24. The van der Waals surface area contributed by atoms with Crippen molar-refractivity contribution in [3.8, 4) is 11.9 Å². The zero-order valence-electron chi connectivity index (χ0n) is 17.2. The smallest absolute Gasteiger partial charge is 0.271 e. The number of rotatable bonds is 7. The van der Waals surface area contributed by atoms with E-state index < -0.39 is 17.2 Å². The molecular weight excluding hydrogens is 459 g/mol. The summed E-state index contributed by atoms with van der Waals surface area (Å²) in [7, 11) is 0. The molecule has 0 saturated heterocycles. The molecule has 0 bridgehead atoms. The van der Waals surface area contributed by atoms with Crippen molar-refractivity contribution in [3.05, 3.63) is 60.2 Å². The lowest BCUT2D eigenvalue weighted by atomic mass is 10.0. The van der Waals surface area contributed by atoms with E-state index in [2.05, 4.69) is 0 Å². The van der Waals surface area contributed by atoms with Crippen LogP contribution in [0.4, 0.5) is 0 Å². The van der Waals surface area contributed by atoms with Gasteiger partial charge in [0.2, 0.25) is 11.7 Å². The number of aromatic nitrogens is 1. The minimum absolute atomic E-state index is 0.0266. The van der Waals surface area contributed by atoms with Crippen molar-refractivity contribution in [1.82, 2.24) is 4.57 Å². The Balaban J connectivity index is 2.11. The van der Waals surface area contributed by atoms with Crippen LogP contribution in [0.3, 0.4) is 0 Å². The Morgan fingerprint density at radius 2 is 2.06 bits per heavy atom. The van der Waals surface area contributed by atoms with E-state index in [9.17, 15) is 20.0 Å². The molecule has 0 spiro atoms. The van der Waals surface area contributed by atoms with Gasteiger partial charge in [-0.2, -0.15) is 5.26 Å². The summed E-state index contributed by atoms with van der Waals surface area (Å²) >= 11 is 13.6. The first kappa shape index (κ1) is 23.3. The van der Waals surface area contributed by atoms with Crippen LogP contribution in [-0.4, -0.2) is 28.2 Å². The second kappa shape index (κ2) is 9.41. The first-order chi connectivity index (χ1) is 14.7. The largest absolute Gasteiger partial charge is 0.494 e. The van der Waals surface area contributed by atoms with Crippen LogP contribution in [-0.2, 0) is 11.3 Å². The third-order valence-corrected chi connectivity index (χ3v) is 6.69. The summed E-state index contributed by atoms with van der Waals surface area (Å²) in [4.78, 5) is 26.3. The van der Waals surface area contributed by atoms with E-state index in [1.807, 2.05) is 19.9 Å². The number of carbonyl (C=O) groups is 1. The van der Waals surface area contributed by atoms with Gasteiger partial charge in [0, 0.05) is 28.3 Å². The van der Waals surface area contributed by atoms with Gasteiger partial charge in [0.15, 0.2) is 0 Å². The molecule has 0 fully saturated rings. The fraction of sp³-hybridized carbons (Fsp3) is 0.318. The van der Waals surface area contributed by atoms with Crippen LogP contribution in [0.15, 0.2) is 23.0 Å². The molecule has 0 aliphatic carbocycles. The van der Waals surface area contributed by atoms with Crippen LogP contribution >= 0.6 is 34.5 Å². The number of hydrogen-bond acceptors (Lipinski definition) is 6. The summed E-state index contributed by atoms with van der Waals surface area (Å²) in [6, 6.07) is 6.95. The lowest BCUT2D eigenvalue weighted by Gasteiger charge is -2.15. The fourth-order valence-electron chi connectivity index (χ4n) is 3.27. The van der Waals surface area contributed by atoms with E-state index in [0.717, 1.165) is 20.6 Å². The minimum Gasteiger partial charge on any atom is -0.494 e. The minimum atomic E-state index is -0.646. The number of nitriles is 1. The normalized spacial score (nSPS) is 11.3. The Hall–Kier alpha value is -2.37. The molecule has 0 saturated carbocycles. The van der Waals surface area contributed by atoms with Crippen molar-refractivity contribution >= 4 is 50.4 Å². The predicted octanol–water partition coefficient (Wildman–Crippen LogP) is 5.30. The third-order valence-electron chi connectivity index (χ3n) is 4.80. The van der Waals surface area contributed by atoms with Crippen molar-refractivity contribution in [1.29, 1.82) is 5.26 Å². The van der Waals surface area contributed by atoms with Gasteiger partial charge in [-0.25, -0.2) is 0 Å². The molecule has 0 atom stereocenters. The predicted molar refractivity (Wildman–Crippen MR) is 123 cm³/mol. The third kappa shape index (κ3) is 4.48. The summed E-state index contributed by atoms with van der Waals surface area (Å²) in [6.07, 6.45) is 0.453. The summed E-state index contributed by atoms with van der Waals surface area (Å²) in [5.41, 5.74) is -0.823. The quantitative estimate of drug-likeness (QED) is 0.367. The number of thiophene rings is 1. The summed E-state index contributed by atoms with van der Waals surface area (Å²) in [6.45, 7) is 5.72. The fourth-order valence-corrected chi connectivity index (χ4v) is 5.01. The topological polar surface area (TPSA) is 92.3 Å². The van der Waals surface area contributed by atoms with Crippen LogP contribution in [0.25, 0.3) is 10.1 Å². The van der Waals surface area contributed by atoms with Crippen molar-refractivity contribution in [2.75, 3.05) is 6.61 Å². The Kier molecular flexibility index (Phi) is 7.07. The molecule has 9 heteroatoms. The highest BCUT2D eigenvalue weighted by Gasteiger charge is 2.28. The number of pyridine rings is 1. The molecule has 3 aromatic rings. The average molecular weight is 479 g/mol. The number of nitrogens with zero attached hydrogens (tertiary/aromatic N) is 2. The highest BCUT2D eigenvalue weighted by Crippen LogP contribution is 2.39. The van der Waals surface area contributed by atoms with E-state index in [0.29, 0.717) is 23.4 Å². The van der Waals surface area contributed by atoms with Gasteiger partial charge in [-0.1, -0.05) is 29.3 Å². The van der Waals surface area contributed by atoms with E-state index in [-0.39, 0.29) is 39.2 Å². The lowest BCUT2D eigenvalue weighted by molar-refractivity contribution is 0.0743. The van der Waals surface area contributed by atoms with E-state index in [4.69, 9.17) is 27.9 Å². The van der Waals surface area contributed by atoms with Crippen LogP contribution in [0.1, 0.15) is 46.6 Å². The Labute approximate surface area is 193 Å². The molecule has 0 aliphatic rings. The van der Waals surface area contributed by atoms with Gasteiger partial charge >= 0.3 is 0 Å². The van der Waals surface area contributed by atoms with Crippen LogP contribution in [0.2, 0.25) is 10.0 Å². The van der Waals surface area contributed by atoms with Gasteiger partial charge in [0.1, 0.15) is 11.6 Å². The molecule has 3 rings (SSSR count). The zero-order valence-corrected chi connectivity index (χ0v) is 19.5. The van der Waals surface area contributed by atoms with Gasteiger partial charge in [0.25, 0.3) is 5.56 Å². The molecule has 0 unspecified atom stereocenters. The average Bonchev–Trinajstić information content (AvgIpc) is 3.03. The van der Waals surface area contributed by atoms with Gasteiger partial charge in [-0.05, 0) is 44.9 Å². The van der Waals surface area contributed by atoms with E-state index >= 15 is 0 Å². The highest BCUT2D eigenvalue weighted by molar-refractivity contribution is 7.21. The van der Waals surface area contributed by atoms with Crippen LogP contribution in [0, 0.1) is 18.3 Å². The molecular formula is C22H20Cl2N2O4S. The molecule has 31 heavy (non-hydrogen) atoms. The van der Waals surface area contributed by atoms with Crippen molar-refractivity contribution in [3.63, 3.8) is 0 Å². The number of benzene rings is 1. The van der Waals surface area contributed by atoms with Crippen LogP contribution in [0.5, 0.6) is 5.88 Å². The summed E-state index contributed by atoms with van der Waals surface area (Å²) in [5, 5.41) is 21.8. The first-order valence-corrected chi connectivity index (χ1v) is 11.1. The maximum atomic E-state index is 13.4. The molecule has 2 aromatic heterocycles. The van der Waals surface area contributed by atoms with Crippen LogP contribution < -0.4 is 5.56 Å².